The summed E-state index contributed by atoms with van der Waals surface area (Å²) in [6, 6.07) is 23.5. The van der Waals surface area contributed by atoms with Crippen LogP contribution in [0.5, 0.6) is 11.5 Å². The van der Waals surface area contributed by atoms with E-state index in [-0.39, 0.29) is 18.3 Å². The molecule has 1 atom stereocenters. The van der Waals surface area contributed by atoms with Crippen molar-refractivity contribution in [3.05, 3.63) is 119 Å². The Morgan fingerprint density at radius 3 is 2.44 bits per heavy atom. The zero-order chi connectivity index (χ0) is 32.4. The van der Waals surface area contributed by atoms with Crippen molar-refractivity contribution >= 4 is 17.6 Å². The van der Waals surface area contributed by atoms with E-state index in [1.807, 2.05) is 48.5 Å². The lowest BCUT2D eigenvalue weighted by Crippen LogP contribution is -2.23. The summed E-state index contributed by atoms with van der Waals surface area (Å²) in [5.41, 5.74) is 4.30. The highest BCUT2D eigenvalue weighted by Gasteiger charge is 2.10. The molecule has 6 N–H and O–H groups in total. The molecule has 1 amide bonds. The van der Waals surface area contributed by atoms with E-state index in [2.05, 4.69) is 15.6 Å². The predicted molar refractivity (Wildman–Crippen MR) is 169 cm³/mol. The molecule has 0 aliphatic carbocycles. The van der Waals surface area contributed by atoms with Crippen molar-refractivity contribution in [1.82, 2.24) is 10.3 Å². The summed E-state index contributed by atoms with van der Waals surface area (Å²) in [6.07, 6.45) is 3.20. The first kappa shape index (κ1) is 34.7. The fourth-order valence-electron chi connectivity index (χ4n) is 4.13. The van der Waals surface area contributed by atoms with Crippen molar-refractivity contribution in [1.29, 1.82) is 0 Å². The predicted octanol–water partition coefficient (Wildman–Crippen LogP) is 4.08. The van der Waals surface area contributed by atoms with Gasteiger partial charge in [-0.15, -0.1) is 0 Å². The summed E-state index contributed by atoms with van der Waals surface area (Å²) < 4.78 is 11.5. The molecule has 3 aromatic carbocycles. The van der Waals surface area contributed by atoms with Crippen LogP contribution in [0, 0.1) is 0 Å². The summed E-state index contributed by atoms with van der Waals surface area (Å²) in [4.78, 5) is 25.3. The number of aromatic hydroxyl groups is 1. The van der Waals surface area contributed by atoms with E-state index in [0.717, 1.165) is 30.2 Å². The van der Waals surface area contributed by atoms with Crippen LogP contribution in [0.2, 0.25) is 0 Å². The number of ether oxygens (including phenoxy) is 2. The molecule has 1 heterocycles. The zero-order valence-corrected chi connectivity index (χ0v) is 25.1. The number of phenols is 1. The van der Waals surface area contributed by atoms with E-state index in [0.29, 0.717) is 55.3 Å². The van der Waals surface area contributed by atoms with E-state index in [9.17, 15) is 20.1 Å². The lowest BCUT2D eigenvalue weighted by molar-refractivity contribution is -0.134. The average Bonchev–Trinajstić information content (AvgIpc) is 3.04. The number of nitrogens with one attached hydrogen (secondary N) is 2. The molecule has 45 heavy (non-hydrogen) atoms. The molecule has 0 bridgehead atoms. The van der Waals surface area contributed by atoms with Crippen LogP contribution in [0.15, 0.2) is 91.3 Å². The number of hydrogen-bond donors (Lipinski definition) is 6. The number of nitrogens with zero attached hydrogens (tertiary/aromatic N) is 1. The third kappa shape index (κ3) is 12.8. The number of carboxylic acid groups (broad SMARTS) is 1. The Labute approximate surface area is 262 Å². The second-order valence-corrected chi connectivity index (χ2v) is 9.98. The molecule has 11 nitrogen and oxygen atoms in total. The second kappa shape index (κ2) is 18.8. The molecule has 0 aliphatic rings. The smallest absolute Gasteiger partial charge is 0.300 e. The number of amides is 1. The first-order valence-electron chi connectivity index (χ1n) is 14.4. The quantitative estimate of drug-likeness (QED) is 0.107. The molecular formula is C34H39N3O8. The number of carbonyl (C=O) groups is 2. The molecule has 4 rings (SSSR count). The number of hydrogen-bond acceptors (Lipinski definition) is 9. The van der Waals surface area contributed by atoms with Gasteiger partial charge in [0.25, 0.3) is 11.9 Å². The van der Waals surface area contributed by atoms with Gasteiger partial charge in [-0.25, -0.2) is 0 Å². The standard InChI is InChI=1S/C32H35N3O6.C2H4O2/c36-21-27-18-25(8-11-30(27)37)31(38)20-34-14-12-23-6-9-29(10-7-23)41-16-15-40-22-24-3-1-5-28(17-24)35-32(39)26-4-2-13-33-19-26;1-2(3)4/h1-11,13,17-19,31,34,36-38H,12,14-16,20-22H2,(H,35,39);1H3,(H,3,4)/t31-;/m0./s1. The molecule has 4 aromatic rings. The van der Waals surface area contributed by atoms with Crippen LogP contribution >= 0.6 is 0 Å². The molecule has 0 radical (unpaired) electrons. The fraction of sp³-hybridized carbons (Fsp3) is 0.265. The van der Waals surface area contributed by atoms with Gasteiger partial charge in [0, 0.05) is 37.1 Å². The average molecular weight is 618 g/mol. The van der Waals surface area contributed by atoms with Gasteiger partial charge in [-0.3, -0.25) is 14.6 Å². The van der Waals surface area contributed by atoms with Crippen LogP contribution in [0.25, 0.3) is 0 Å². The normalized spacial score (nSPS) is 11.2. The molecule has 0 saturated carbocycles. The zero-order valence-electron chi connectivity index (χ0n) is 25.1. The van der Waals surface area contributed by atoms with Crippen LogP contribution in [-0.2, 0) is 29.2 Å². The molecule has 0 spiro atoms. The molecule has 0 aliphatic heterocycles. The third-order valence-electron chi connectivity index (χ3n) is 6.38. The third-order valence-corrected chi connectivity index (χ3v) is 6.38. The van der Waals surface area contributed by atoms with Crippen molar-refractivity contribution in [2.75, 3.05) is 31.6 Å². The van der Waals surface area contributed by atoms with E-state index in [4.69, 9.17) is 19.4 Å². The minimum atomic E-state index is -0.833. The first-order valence-corrected chi connectivity index (χ1v) is 14.4. The number of pyridine rings is 1. The number of aromatic nitrogens is 1. The number of carboxylic acids is 1. The van der Waals surface area contributed by atoms with Crippen LogP contribution in [0.3, 0.4) is 0 Å². The van der Waals surface area contributed by atoms with E-state index in [1.165, 1.54) is 12.3 Å². The van der Waals surface area contributed by atoms with E-state index in [1.54, 1.807) is 30.5 Å². The lowest BCUT2D eigenvalue weighted by atomic mass is 10.1. The SMILES string of the molecule is CC(=O)O.O=C(Nc1cccc(COCCOc2ccc(CCNC[C@H](O)c3ccc(O)c(CO)c3)cc2)c1)c1cccnc1. The maximum atomic E-state index is 12.3. The van der Waals surface area contributed by atoms with Gasteiger partial charge in [0.15, 0.2) is 0 Å². The molecule has 1 aromatic heterocycles. The van der Waals surface area contributed by atoms with Crippen LogP contribution in [-0.4, -0.2) is 63.6 Å². The van der Waals surface area contributed by atoms with Crippen molar-refractivity contribution in [3.63, 3.8) is 0 Å². The Morgan fingerprint density at radius 1 is 0.956 bits per heavy atom. The Morgan fingerprint density at radius 2 is 1.73 bits per heavy atom. The van der Waals surface area contributed by atoms with Crippen molar-refractivity contribution in [3.8, 4) is 11.5 Å². The number of carbonyl (C=O) groups excluding carboxylic acids is 1. The van der Waals surface area contributed by atoms with Crippen LogP contribution in [0.1, 0.15) is 45.6 Å². The Kier molecular flexibility index (Phi) is 14.5. The highest BCUT2D eigenvalue weighted by molar-refractivity contribution is 6.04. The van der Waals surface area contributed by atoms with Gasteiger partial charge >= 0.3 is 0 Å². The van der Waals surface area contributed by atoms with Crippen LogP contribution < -0.4 is 15.4 Å². The van der Waals surface area contributed by atoms with Gasteiger partial charge in [-0.2, -0.15) is 0 Å². The molecular weight excluding hydrogens is 578 g/mol. The second-order valence-electron chi connectivity index (χ2n) is 9.98. The van der Waals surface area contributed by atoms with Gasteiger partial charge in [0.1, 0.15) is 18.1 Å². The topological polar surface area (TPSA) is 170 Å². The Balaban J connectivity index is 0.00000130. The van der Waals surface area contributed by atoms with Crippen molar-refractivity contribution in [2.24, 2.45) is 0 Å². The number of benzene rings is 3. The van der Waals surface area contributed by atoms with Crippen molar-refractivity contribution < 1.29 is 39.5 Å². The lowest BCUT2D eigenvalue weighted by Gasteiger charge is -2.14. The van der Waals surface area contributed by atoms with E-state index < -0.39 is 12.1 Å². The number of aliphatic carboxylic acids is 1. The molecule has 0 fully saturated rings. The number of aliphatic hydroxyl groups excluding tert-OH is 2. The Hall–Kier alpha value is -4.81. The minimum Gasteiger partial charge on any atom is -0.508 e. The summed E-state index contributed by atoms with van der Waals surface area (Å²) >= 11 is 0. The van der Waals surface area contributed by atoms with Gasteiger partial charge in [-0.1, -0.05) is 30.3 Å². The number of rotatable bonds is 15. The summed E-state index contributed by atoms with van der Waals surface area (Å²) in [7, 11) is 0. The molecule has 238 valence electrons. The van der Waals surface area contributed by atoms with Gasteiger partial charge in [0.05, 0.1) is 31.5 Å². The highest BCUT2D eigenvalue weighted by atomic mass is 16.5. The highest BCUT2D eigenvalue weighted by Crippen LogP contribution is 2.22. The maximum Gasteiger partial charge on any atom is 0.300 e. The monoisotopic (exact) mass is 617 g/mol. The van der Waals surface area contributed by atoms with Gasteiger partial charge in [-0.05, 0) is 78.2 Å². The van der Waals surface area contributed by atoms with Crippen LogP contribution in [0.4, 0.5) is 5.69 Å². The summed E-state index contributed by atoms with van der Waals surface area (Å²) in [5, 5.41) is 42.8. The summed E-state index contributed by atoms with van der Waals surface area (Å²) in [5.74, 6) is -0.273. The summed E-state index contributed by atoms with van der Waals surface area (Å²) in [6.45, 7) is 3.07. The molecule has 0 saturated heterocycles. The first-order chi connectivity index (χ1) is 21.7. The number of anilines is 1. The maximum absolute atomic E-state index is 12.3. The van der Waals surface area contributed by atoms with Gasteiger partial charge < -0.3 is 40.5 Å². The van der Waals surface area contributed by atoms with Crippen molar-refractivity contribution in [2.45, 2.75) is 32.7 Å². The molecule has 0 unspecified atom stereocenters. The fourth-order valence-corrected chi connectivity index (χ4v) is 4.13. The Bertz CT molecular complexity index is 1480. The number of aliphatic hydroxyl groups is 2. The molecule has 11 heteroatoms. The minimum absolute atomic E-state index is 0.0168. The van der Waals surface area contributed by atoms with Gasteiger partial charge in [0.2, 0.25) is 0 Å². The van der Waals surface area contributed by atoms with E-state index >= 15 is 0 Å². The largest absolute Gasteiger partial charge is 0.508 e.